The molecule has 2 fully saturated rings. The van der Waals surface area contributed by atoms with Crippen molar-refractivity contribution in [2.45, 2.75) is 50.3 Å². The minimum atomic E-state index is -0.728. The van der Waals surface area contributed by atoms with Crippen LogP contribution in [-0.2, 0) is 23.5 Å². The number of nitrogens with one attached hydrogen (secondary N) is 1. The first kappa shape index (κ1) is 20.0. The average Bonchev–Trinajstić information content (AvgIpc) is 2.80. The Morgan fingerprint density at radius 2 is 1.80 bits per heavy atom. The Bertz CT molecular complexity index is 856. The number of benzene rings is 2. The fourth-order valence-electron chi connectivity index (χ4n) is 5.76. The van der Waals surface area contributed by atoms with Crippen molar-refractivity contribution in [2.24, 2.45) is 0 Å². The lowest BCUT2D eigenvalue weighted by molar-refractivity contribution is -0.966. The number of hydrogen-bond donors (Lipinski definition) is 2. The van der Waals surface area contributed by atoms with Crippen LogP contribution in [0.15, 0.2) is 48.5 Å². The van der Waals surface area contributed by atoms with E-state index in [4.69, 9.17) is 9.78 Å². The van der Waals surface area contributed by atoms with Crippen molar-refractivity contribution in [3.05, 3.63) is 65.2 Å². The standard InChI is InChI=1S/C25H33N2O3/c28-25(22-6-7-24-21(18-22)10-17-29-30-24)11-8-23(9-12-25)27(15-13-26-14-16-27)19-20-4-2-1-3-5-20/h1-7,18,23,26,28H,8-17,19H2/q+1. The SMILES string of the molecule is OC1(c2ccc3c(c2)CCOO3)CCC([N+]2(Cc3ccccc3)CCNCC2)CC1. The molecule has 2 N–H and O–H groups in total. The molecule has 0 bridgehead atoms. The van der Waals surface area contributed by atoms with Crippen LogP contribution >= 0.6 is 0 Å². The third-order valence-electron chi connectivity index (χ3n) is 7.57. The van der Waals surface area contributed by atoms with E-state index in [1.165, 1.54) is 18.7 Å². The molecule has 2 aliphatic heterocycles. The van der Waals surface area contributed by atoms with Gasteiger partial charge in [-0.15, -0.1) is 0 Å². The zero-order valence-corrected chi connectivity index (χ0v) is 17.7. The summed E-state index contributed by atoms with van der Waals surface area (Å²) in [6.45, 7) is 6.19. The Morgan fingerprint density at radius 1 is 1.03 bits per heavy atom. The van der Waals surface area contributed by atoms with Gasteiger partial charge in [-0.25, -0.2) is 0 Å². The predicted octanol–water partition coefficient (Wildman–Crippen LogP) is 3.30. The summed E-state index contributed by atoms with van der Waals surface area (Å²) in [6, 6.07) is 17.7. The van der Waals surface area contributed by atoms with Crippen molar-refractivity contribution < 1.29 is 19.4 Å². The van der Waals surface area contributed by atoms with Crippen LogP contribution in [0.3, 0.4) is 0 Å². The van der Waals surface area contributed by atoms with Crippen molar-refractivity contribution in [2.75, 3.05) is 32.8 Å². The second kappa shape index (κ2) is 8.31. The van der Waals surface area contributed by atoms with Gasteiger partial charge in [0.1, 0.15) is 6.54 Å². The van der Waals surface area contributed by atoms with Crippen LogP contribution in [0.4, 0.5) is 0 Å². The predicted molar refractivity (Wildman–Crippen MR) is 116 cm³/mol. The summed E-state index contributed by atoms with van der Waals surface area (Å²) in [5.74, 6) is 0.787. The number of aliphatic hydroxyl groups is 1. The van der Waals surface area contributed by atoms with Gasteiger partial charge in [0, 0.05) is 43.5 Å². The highest BCUT2D eigenvalue weighted by molar-refractivity contribution is 5.40. The number of nitrogens with zero attached hydrogens (tertiary/aromatic N) is 1. The summed E-state index contributed by atoms with van der Waals surface area (Å²) >= 11 is 0. The maximum Gasteiger partial charge on any atom is 0.168 e. The second-order valence-electron chi connectivity index (χ2n) is 9.30. The highest BCUT2D eigenvalue weighted by atomic mass is 17.2. The van der Waals surface area contributed by atoms with Gasteiger partial charge in [0.15, 0.2) is 5.75 Å². The molecule has 1 aliphatic carbocycles. The maximum absolute atomic E-state index is 11.5. The molecule has 2 aromatic rings. The molecule has 5 rings (SSSR count). The van der Waals surface area contributed by atoms with Crippen LogP contribution in [0.25, 0.3) is 0 Å². The molecule has 2 aromatic carbocycles. The minimum Gasteiger partial charge on any atom is -0.385 e. The number of rotatable bonds is 4. The lowest BCUT2D eigenvalue weighted by Gasteiger charge is -2.51. The molecule has 0 radical (unpaired) electrons. The lowest BCUT2D eigenvalue weighted by Crippen LogP contribution is -2.64. The van der Waals surface area contributed by atoms with Gasteiger partial charge in [-0.1, -0.05) is 36.4 Å². The molecule has 30 heavy (non-hydrogen) atoms. The molecule has 0 spiro atoms. The molecule has 3 aliphatic rings. The topological polar surface area (TPSA) is 50.7 Å². The first-order valence-corrected chi connectivity index (χ1v) is 11.4. The quantitative estimate of drug-likeness (QED) is 0.601. The van der Waals surface area contributed by atoms with E-state index in [1.807, 2.05) is 12.1 Å². The van der Waals surface area contributed by atoms with E-state index in [0.29, 0.717) is 12.6 Å². The second-order valence-corrected chi connectivity index (χ2v) is 9.30. The van der Waals surface area contributed by atoms with Crippen LogP contribution in [0.1, 0.15) is 42.4 Å². The highest BCUT2D eigenvalue weighted by Gasteiger charge is 2.44. The Morgan fingerprint density at radius 3 is 2.57 bits per heavy atom. The van der Waals surface area contributed by atoms with Gasteiger partial charge >= 0.3 is 0 Å². The molecule has 5 nitrogen and oxygen atoms in total. The minimum absolute atomic E-state index is 0.574. The Balaban J connectivity index is 1.33. The van der Waals surface area contributed by atoms with Crippen molar-refractivity contribution in [3.8, 4) is 5.75 Å². The molecule has 0 aromatic heterocycles. The Labute approximate surface area is 179 Å². The molecule has 0 atom stereocenters. The molecule has 0 unspecified atom stereocenters. The summed E-state index contributed by atoms with van der Waals surface area (Å²) < 4.78 is 1.16. The van der Waals surface area contributed by atoms with Crippen LogP contribution in [0.2, 0.25) is 0 Å². The summed E-state index contributed by atoms with van der Waals surface area (Å²) in [4.78, 5) is 10.4. The van der Waals surface area contributed by atoms with Crippen LogP contribution in [-0.4, -0.2) is 48.4 Å². The first-order chi connectivity index (χ1) is 14.7. The molecular formula is C25H33N2O3+. The smallest absolute Gasteiger partial charge is 0.168 e. The van der Waals surface area contributed by atoms with Gasteiger partial charge in [-0.2, -0.15) is 4.89 Å². The molecule has 1 saturated heterocycles. The lowest BCUT2D eigenvalue weighted by atomic mass is 9.76. The van der Waals surface area contributed by atoms with Gasteiger partial charge < -0.3 is 19.8 Å². The molecular weight excluding hydrogens is 376 g/mol. The normalized spacial score (nSPS) is 28.4. The van der Waals surface area contributed by atoms with E-state index in [-0.39, 0.29) is 0 Å². The largest absolute Gasteiger partial charge is 0.385 e. The zero-order chi connectivity index (χ0) is 20.4. The third-order valence-corrected chi connectivity index (χ3v) is 7.57. The van der Waals surface area contributed by atoms with E-state index in [0.717, 1.165) is 73.1 Å². The molecule has 5 heteroatoms. The average molecular weight is 410 g/mol. The number of piperazine rings is 1. The van der Waals surface area contributed by atoms with Gasteiger partial charge in [-0.3, -0.25) is 0 Å². The Hall–Kier alpha value is -1.92. The van der Waals surface area contributed by atoms with Crippen LogP contribution in [0, 0.1) is 0 Å². The van der Waals surface area contributed by atoms with E-state index >= 15 is 0 Å². The van der Waals surface area contributed by atoms with E-state index < -0.39 is 5.60 Å². The molecule has 0 amide bonds. The molecule has 2 heterocycles. The van der Waals surface area contributed by atoms with Crippen LogP contribution < -0.4 is 10.2 Å². The van der Waals surface area contributed by atoms with Crippen molar-refractivity contribution in [1.29, 1.82) is 0 Å². The summed E-state index contributed by atoms with van der Waals surface area (Å²) in [5.41, 5.74) is 2.88. The number of quaternary nitrogens is 1. The summed E-state index contributed by atoms with van der Waals surface area (Å²) in [6.07, 6.45) is 4.64. The first-order valence-electron chi connectivity index (χ1n) is 11.4. The monoisotopic (exact) mass is 409 g/mol. The highest BCUT2D eigenvalue weighted by Crippen LogP contribution is 2.42. The fraction of sp³-hybridized carbons (Fsp3) is 0.520. The summed E-state index contributed by atoms with van der Waals surface area (Å²) in [5, 5.41) is 15.1. The van der Waals surface area contributed by atoms with E-state index in [9.17, 15) is 5.11 Å². The van der Waals surface area contributed by atoms with E-state index in [1.54, 1.807) is 0 Å². The maximum atomic E-state index is 11.5. The van der Waals surface area contributed by atoms with Gasteiger partial charge in [0.2, 0.25) is 0 Å². The van der Waals surface area contributed by atoms with Gasteiger partial charge in [-0.05, 0) is 30.5 Å². The van der Waals surface area contributed by atoms with Crippen molar-refractivity contribution >= 4 is 0 Å². The fourth-order valence-corrected chi connectivity index (χ4v) is 5.76. The number of hydrogen-bond acceptors (Lipinski definition) is 4. The Kier molecular flexibility index (Phi) is 5.54. The molecule has 1 saturated carbocycles. The number of fused-ring (bicyclic) bond motifs is 1. The third kappa shape index (κ3) is 3.87. The van der Waals surface area contributed by atoms with E-state index in [2.05, 4.69) is 41.7 Å². The van der Waals surface area contributed by atoms with Gasteiger partial charge in [0.25, 0.3) is 0 Å². The van der Waals surface area contributed by atoms with Crippen LogP contribution in [0.5, 0.6) is 5.75 Å². The van der Waals surface area contributed by atoms with Crippen molar-refractivity contribution in [3.63, 3.8) is 0 Å². The summed E-state index contributed by atoms with van der Waals surface area (Å²) in [7, 11) is 0. The molecule has 160 valence electrons. The van der Waals surface area contributed by atoms with Crippen molar-refractivity contribution in [1.82, 2.24) is 5.32 Å². The zero-order valence-electron chi connectivity index (χ0n) is 17.7. The van der Waals surface area contributed by atoms with Gasteiger partial charge in [0.05, 0.1) is 31.3 Å².